The number of hydrogen-bond acceptors (Lipinski definition) is 3. The standard InChI is InChI=1S/C19H22O3/c1-14-10-12-16(13-11-14)18(21)19(22)17(20)9-5-8-15-6-3-2-4-7-15/h2-4,6-7,10-13,17,19-20,22H,5,8-9H2,1H3/t17-,19+/m0/s1. The molecule has 0 aromatic heterocycles. The zero-order valence-electron chi connectivity index (χ0n) is 12.8. The Labute approximate surface area is 131 Å². The average Bonchev–Trinajstić information content (AvgIpc) is 2.55. The molecule has 2 aromatic carbocycles. The minimum atomic E-state index is -1.36. The third-order valence-electron chi connectivity index (χ3n) is 3.78. The maximum absolute atomic E-state index is 12.1. The zero-order chi connectivity index (χ0) is 15.9. The molecule has 0 saturated carbocycles. The van der Waals surface area contributed by atoms with Crippen LogP contribution in [0.2, 0.25) is 0 Å². The number of aryl methyl sites for hydroxylation is 2. The molecule has 2 atom stereocenters. The predicted molar refractivity (Wildman–Crippen MR) is 86.9 cm³/mol. The molecule has 2 aromatic rings. The van der Waals surface area contributed by atoms with Gasteiger partial charge < -0.3 is 10.2 Å². The van der Waals surface area contributed by atoms with Gasteiger partial charge >= 0.3 is 0 Å². The first kappa shape index (κ1) is 16.4. The number of hydrogen-bond donors (Lipinski definition) is 2. The number of carbonyl (C=O) groups excluding carboxylic acids is 1. The first-order chi connectivity index (χ1) is 10.6. The molecule has 0 unspecified atom stereocenters. The summed E-state index contributed by atoms with van der Waals surface area (Å²) in [6.45, 7) is 1.93. The fourth-order valence-corrected chi connectivity index (χ4v) is 2.38. The molecule has 2 N–H and O–H groups in total. The Morgan fingerprint density at radius 1 is 1.00 bits per heavy atom. The van der Waals surface area contributed by atoms with Crippen LogP contribution < -0.4 is 0 Å². The number of benzene rings is 2. The quantitative estimate of drug-likeness (QED) is 0.773. The van der Waals surface area contributed by atoms with Crippen molar-refractivity contribution in [3.05, 3.63) is 71.3 Å². The monoisotopic (exact) mass is 298 g/mol. The van der Waals surface area contributed by atoms with Gasteiger partial charge in [0.05, 0.1) is 6.10 Å². The molecule has 0 spiro atoms. The van der Waals surface area contributed by atoms with Gasteiger partial charge in [-0.1, -0.05) is 60.2 Å². The summed E-state index contributed by atoms with van der Waals surface area (Å²) in [5.41, 5.74) is 2.67. The van der Waals surface area contributed by atoms with Crippen molar-refractivity contribution in [1.29, 1.82) is 0 Å². The SMILES string of the molecule is Cc1ccc(C(=O)[C@H](O)[C@@H](O)CCCc2ccccc2)cc1. The fourth-order valence-electron chi connectivity index (χ4n) is 2.38. The molecule has 0 amide bonds. The van der Waals surface area contributed by atoms with Crippen LogP contribution in [-0.4, -0.2) is 28.2 Å². The van der Waals surface area contributed by atoms with Crippen LogP contribution in [0.4, 0.5) is 0 Å². The van der Waals surface area contributed by atoms with Gasteiger partial charge in [0.15, 0.2) is 5.78 Å². The molecule has 3 nitrogen and oxygen atoms in total. The molecule has 0 radical (unpaired) electrons. The van der Waals surface area contributed by atoms with Gasteiger partial charge in [-0.05, 0) is 31.7 Å². The number of rotatable bonds is 7. The highest BCUT2D eigenvalue weighted by Crippen LogP contribution is 2.13. The smallest absolute Gasteiger partial charge is 0.193 e. The summed E-state index contributed by atoms with van der Waals surface area (Å²) in [5.74, 6) is -0.424. The first-order valence-corrected chi connectivity index (χ1v) is 7.59. The number of ketones is 1. The van der Waals surface area contributed by atoms with E-state index in [2.05, 4.69) is 0 Å². The molecule has 116 valence electrons. The van der Waals surface area contributed by atoms with Crippen LogP contribution >= 0.6 is 0 Å². The van der Waals surface area contributed by atoms with Crippen molar-refractivity contribution >= 4 is 5.78 Å². The predicted octanol–water partition coefficient (Wildman–Crippen LogP) is 2.92. The van der Waals surface area contributed by atoms with Crippen molar-refractivity contribution in [2.24, 2.45) is 0 Å². The Balaban J connectivity index is 1.84. The van der Waals surface area contributed by atoms with Gasteiger partial charge in [-0.2, -0.15) is 0 Å². The molecule has 0 fully saturated rings. The fraction of sp³-hybridized carbons (Fsp3) is 0.316. The lowest BCUT2D eigenvalue weighted by Gasteiger charge is -2.17. The lowest BCUT2D eigenvalue weighted by Crippen LogP contribution is -2.34. The van der Waals surface area contributed by atoms with E-state index in [0.717, 1.165) is 18.4 Å². The van der Waals surface area contributed by atoms with Gasteiger partial charge in [-0.25, -0.2) is 0 Å². The van der Waals surface area contributed by atoms with Gasteiger partial charge in [-0.15, -0.1) is 0 Å². The van der Waals surface area contributed by atoms with E-state index in [9.17, 15) is 15.0 Å². The summed E-state index contributed by atoms with van der Waals surface area (Å²) in [6, 6.07) is 17.0. The summed E-state index contributed by atoms with van der Waals surface area (Å²) in [5, 5.41) is 20.0. The second-order valence-electron chi connectivity index (χ2n) is 5.62. The summed E-state index contributed by atoms with van der Waals surface area (Å²) < 4.78 is 0. The molecule has 22 heavy (non-hydrogen) atoms. The van der Waals surface area contributed by atoms with Crippen LogP contribution in [0.5, 0.6) is 0 Å². The highest BCUT2D eigenvalue weighted by molar-refractivity contribution is 5.99. The van der Waals surface area contributed by atoms with Crippen molar-refractivity contribution in [3.63, 3.8) is 0 Å². The Morgan fingerprint density at radius 3 is 2.27 bits per heavy atom. The van der Waals surface area contributed by atoms with Crippen molar-refractivity contribution in [2.75, 3.05) is 0 Å². The molecule has 0 aliphatic rings. The topological polar surface area (TPSA) is 57.5 Å². The second-order valence-corrected chi connectivity index (χ2v) is 5.62. The van der Waals surface area contributed by atoms with Crippen molar-refractivity contribution in [1.82, 2.24) is 0 Å². The van der Waals surface area contributed by atoms with Crippen LogP contribution in [-0.2, 0) is 6.42 Å². The minimum absolute atomic E-state index is 0.396. The van der Waals surface area contributed by atoms with E-state index in [1.165, 1.54) is 5.56 Å². The lowest BCUT2D eigenvalue weighted by molar-refractivity contribution is 0.0171. The van der Waals surface area contributed by atoms with Gasteiger partial charge in [-0.3, -0.25) is 4.79 Å². The van der Waals surface area contributed by atoms with Crippen LogP contribution in [0, 0.1) is 6.92 Å². The van der Waals surface area contributed by atoms with E-state index in [1.807, 2.05) is 49.4 Å². The zero-order valence-corrected chi connectivity index (χ0v) is 12.8. The Bertz CT molecular complexity index is 590. The highest BCUT2D eigenvalue weighted by atomic mass is 16.3. The largest absolute Gasteiger partial charge is 0.390 e. The molecule has 2 rings (SSSR count). The van der Waals surface area contributed by atoms with E-state index in [1.54, 1.807) is 12.1 Å². The number of aliphatic hydroxyl groups excluding tert-OH is 2. The summed E-state index contributed by atoms with van der Waals surface area (Å²) in [6.07, 6.45) is -0.448. The van der Waals surface area contributed by atoms with Gasteiger partial charge in [0.1, 0.15) is 6.10 Å². The van der Waals surface area contributed by atoms with Crippen LogP contribution in [0.15, 0.2) is 54.6 Å². The van der Waals surface area contributed by atoms with Crippen molar-refractivity contribution in [2.45, 2.75) is 38.4 Å². The second kappa shape index (κ2) is 7.87. The molecular formula is C19H22O3. The average molecular weight is 298 g/mol. The number of aliphatic hydroxyl groups is 2. The maximum atomic E-state index is 12.1. The van der Waals surface area contributed by atoms with E-state index >= 15 is 0 Å². The van der Waals surface area contributed by atoms with Crippen molar-refractivity contribution < 1.29 is 15.0 Å². The van der Waals surface area contributed by atoms with Crippen molar-refractivity contribution in [3.8, 4) is 0 Å². The Kier molecular flexibility index (Phi) is 5.87. The van der Waals surface area contributed by atoms with E-state index in [-0.39, 0.29) is 0 Å². The van der Waals surface area contributed by atoms with E-state index in [4.69, 9.17) is 0 Å². The highest BCUT2D eigenvalue weighted by Gasteiger charge is 2.24. The van der Waals surface area contributed by atoms with Crippen LogP contribution in [0.1, 0.15) is 34.3 Å². The van der Waals surface area contributed by atoms with Crippen LogP contribution in [0.25, 0.3) is 0 Å². The molecule has 0 saturated heterocycles. The Morgan fingerprint density at radius 2 is 1.64 bits per heavy atom. The lowest BCUT2D eigenvalue weighted by atomic mass is 9.97. The molecular weight excluding hydrogens is 276 g/mol. The van der Waals surface area contributed by atoms with Crippen LogP contribution in [0.3, 0.4) is 0 Å². The summed E-state index contributed by atoms with van der Waals surface area (Å²) >= 11 is 0. The minimum Gasteiger partial charge on any atom is -0.390 e. The molecule has 0 aliphatic carbocycles. The van der Waals surface area contributed by atoms with Gasteiger partial charge in [0.2, 0.25) is 0 Å². The summed E-state index contributed by atoms with van der Waals surface area (Å²) in [4.78, 5) is 12.1. The molecule has 3 heteroatoms. The summed E-state index contributed by atoms with van der Waals surface area (Å²) in [7, 11) is 0. The van der Waals surface area contributed by atoms with E-state index in [0.29, 0.717) is 12.0 Å². The number of carbonyl (C=O) groups is 1. The normalized spacial score (nSPS) is 13.6. The van der Waals surface area contributed by atoms with E-state index < -0.39 is 18.0 Å². The molecule has 0 aliphatic heterocycles. The third-order valence-corrected chi connectivity index (χ3v) is 3.78. The molecule has 0 bridgehead atoms. The third kappa shape index (κ3) is 4.52. The Hall–Kier alpha value is -1.97. The molecule has 0 heterocycles. The maximum Gasteiger partial charge on any atom is 0.193 e. The first-order valence-electron chi connectivity index (χ1n) is 7.59. The van der Waals surface area contributed by atoms with Gasteiger partial charge in [0.25, 0.3) is 0 Å². The van der Waals surface area contributed by atoms with Gasteiger partial charge in [0, 0.05) is 5.56 Å². The number of Topliss-reactive ketones (excluding diaryl/α,β-unsaturated/α-hetero) is 1.